The summed E-state index contributed by atoms with van der Waals surface area (Å²) in [6.45, 7) is 3.34. The molecule has 0 atom stereocenters. The Morgan fingerprint density at radius 1 is 0.886 bits per heavy atom. The van der Waals surface area contributed by atoms with Crippen LogP contribution >= 0.6 is 0 Å². The summed E-state index contributed by atoms with van der Waals surface area (Å²) in [7, 11) is 0. The number of alkyl halides is 2. The van der Waals surface area contributed by atoms with Gasteiger partial charge in [0.05, 0.1) is 17.4 Å². The summed E-state index contributed by atoms with van der Waals surface area (Å²) in [6, 6.07) is 18.4. The summed E-state index contributed by atoms with van der Waals surface area (Å²) in [4.78, 5) is 16.0. The van der Waals surface area contributed by atoms with Gasteiger partial charge >= 0.3 is 0 Å². The van der Waals surface area contributed by atoms with E-state index < -0.39 is 5.92 Å². The summed E-state index contributed by atoms with van der Waals surface area (Å²) >= 11 is 0. The monoisotopic (exact) mass is 467 g/mol. The van der Waals surface area contributed by atoms with Gasteiger partial charge in [0.25, 0.3) is 0 Å². The summed E-state index contributed by atoms with van der Waals surface area (Å²) in [6.07, 6.45) is 5.82. The Kier molecular flexibility index (Phi) is 4.14. The molecule has 2 aliphatic rings. The second kappa shape index (κ2) is 7.07. The number of halogens is 2. The number of pyridine rings is 3. The molecule has 5 aromatic rings. The number of rotatable bonds is 3. The lowest BCUT2D eigenvalue weighted by molar-refractivity contribution is -0.170. The number of hydrogen-bond acceptors (Lipinski definition) is 4. The molecule has 1 aliphatic carbocycles. The third-order valence-electron chi connectivity index (χ3n) is 7.36. The molecule has 7 rings (SSSR count). The fourth-order valence-electron chi connectivity index (χ4n) is 5.82. The van der Waals surface area contributed by atoms with Crippen LogP contribution in [-0.4, -0.2) is 38.4 Å². The largest absolute Gasteiger partial charge is 0.355 e. The minimum Gasteiger partial charge on any atom is -0.355 e. The third-order valence-corrected chi connectivity index (χ3v) is 7.36. The number of benzene rings is 1. The van der Waals surface area contributed by atoms with Crippen molar-refractivity contribution in [3.8, 4) is 22.4 Å². The molecule has 1 saturated heterocycles. The van der Waals surface area contributed by atoms with Crippen LogP contribution in [0.2, 0.25) is 0 Å². The van der Waals surface area contributed by atoms with Crippen molar-refractivity contribution in [2.24, 2.45) is 5.41 Å². The molecular weight excluding hydrogens is 444 g/mol. The molecule has 1 aromatic carbocycles. The van der Waals surface area contributed by atoms with Crippen LogP contribution in [0.3, 0.4) is 0 Å². The summed E-state index contributed by atoms with van der Waals surface area (Å²) < 4.78 is 28.7. The fourth-order valence-corrected chi connectivity index (χ4v) is 5.82. The molecule has 7 heteroatoms. The lowest BCUT2D eigenvalue weighted by Gasteiger charge is -2.59. The Balaban J connectivity index is 1.17. The minimum atomic E-state index is -2.47. The molecule has 0 bridgehead atoms. The van der Waals surface area contributed by atoms with Crippen LogP contribution < -0.4 is 4.90 Å². The molecule has 1 saturated carbocycles. The van der Waals surface area contributed by atoms with E-state index in [1.807, 2.05) is 55.8 Å². The molecule has 0 unspecified atom stereocenters. The fraction of sp³-hybridized carbons (Fsp3) is 0.250. The number of hydrogen-bond donors (Lipinski definition) is 0. The van der Waals surface area contributed by atoms with E-state index in [1.165, 1.54) is 0 Å². The van der Waals surface area contributed by atoms with Gasteiger partial charge in [-0.05, 0) is 48.9 Å². The van der Waals surface area contributed by atoms with Crippen molar-refractivity contribution in [1.29, 1.82) is 0 Å². The zero-order valence-electron chi connectivity index (χ0n) is 19.2. The quantitative estimate of drug-likeness (QED) is 0.319. The number of aromatic nitrogens is 4. The zero-order chi connectivity index (χ0) is 23.8. The summed E-state index contributed by atoms with van der Waals surface area (Å²) in [5.74, 6) is -1.63. The molecule has 174 valence electrons. The highest BCUT2D eigenvalue weighted by Gasteiger charge is 2.61. The topological polar surface area (TPSA) is 46.3 Å². The van der Waals surface area contributed by atoms with Crippen LogP contribution in [0.4, 0.5) is 14.6 Å². The van der Waals surface area contributed by atoms with Gasteiger partial charge in [-0.15, -0.1) is 0 Å². The van der Waals surface area contributed by atoms with Crippen LogP contribution in [0, 0.1) is 12.3 Å². The molecule has 1 aliphatic heterocycles. The molecule has 1 spiro atoms. The van der Waals surface area contributed by atoms with Crippen molar-refractivity contribution in [3.05, 3.63) is 78.9 Å². The Labute approximate surface area is 201 Å². The number of nitrogens with zero attached hydrogens (tertiary/aromatic N) is 5. The van der Waals surface area contributed by atoms with Crippen molar-refractivity contribution in [2.45, 2.75) is 25.7 Å². The van der Waals surface area contributed by atoms with Gasteiger partial charge < -0.3 is 4.90 Å². The first kappa shape index (κ1) is 20.5. The van der Waals surface area contributed by atoms with E-state index in [0.717, 1.165) is 50.4 Å². The van der Waals surface area contributed by atoms with E-state index in [4.69, 9.17) is 0 Å². The SMILES string of the molecule is Cc1cc(-c2cnc3cc(-c4ccc(N5CC6(C5)CC(F)(F)C6)nc4)ccn23)c2ccccc2n1. The molecule has 0 amide bonds. The van der Waals surface area contributed by atoms with E-state index >= 15 is 0 Å². The zero-order valence-corrected chi connectivity index (χ0v) is 19.2. The Hall–Kier alpha value is -3.87. The number of aryl methyl sites for hydroxylation is 1. The maximum atomic E-state index is 13.3. The highest BCUT2D eigenvalue weighted by Crippen LogP contribution is 2.57. The molecular formula is C28H23F2N5. The van der Waals surface area contributed by atoms with Gasteiger partial charge in [-0.25, -0.2) is 18.7 Å². The molecule has 0 radical (unpaired) electrons. The predicted molar refractivity (Wildman–Crippen MR) is 133 cm³/mol. The van der Waals surface area contributed by atoms with E-state index in [0.29, 0.717) is 13.1 Å². The normalized spacial score (nSPS) is 18.1. The Morgan fingerprint density at radius 3 is 2.49 bits per heavy atom. The van der Waals surface area contributed by atoms with Crippen molar-refractivity contribution < 1.29 is 8.78 Å². The number of fused-ring (bicyclic) bond motifs is 2. The van der Waals surface area contributed by atoms with Gasteiger partial charge in [0.15, 0.2) is 0 Å². The number of imidazole rings is 1. The van der Waals surface area contributed by atoms with Crippen molar-refractivity contribution >= 4 is 22.4 Å². The van der Waals surface area contributed by atoms with Crippen LogP contribution in [0.5, 0.6) is 0 Å². The van der Waals surface area contributed by atoms with Crippen molar-refractivity contribution in [1.82, 2.24) is 19.4 Å². The smallest absolute Gasteiger partial charge is 0.249 e. The second-order valence-electron chi connectivity index (χ2n) is 10.1. The first-order valence-corrected chi connectivity index (χ1v) is 11.8. The highest BCUT2D eigenvalue weighted by atomic mass is 19.3. The van der Waals surface area contributed by atoms with Gasteiger partial charge in [0, 0.05) is 65.9 Å². The van der Waals surface area contributed by atoms with Gasteiger partial charge in [-0.3, -0.25) is 9.38 Å². The minimum absolute atomic E-state index is 0.00968. The lowest BCUT2D eigenvalue weighted by Crippen LogP contribution is -2.66. The standard InChI is InChI=1S/C28H23F2N5/c1-18-10-22(21-4-2-3-5-23(21)33-18)24-13-32-26-11-19(8-9-35(24)26)20-6-7-25(31-12-20)34-16-27(17-34)14-28(29,30)15-27/h2-13H,14-17H2,1H3. The van der Waals surface area contributed by atoms with Crippen molar-refractivity contribution in [3.63, 3.8) is 0 Å². The molecule has 0 N–H and O–H groups in total. The average molecular weight is 468 g/mol. The van der Waals surface area contributed by atoms with Gasteiger partial charge in [0.1, 0.15) is 11.5 Å². The van der Waals surface area contributed by atoms with Crippen LogP contribution in [0.25, 0.3) is 38.9 Å². The highest BCUT2D eigenvalue weighted by molar-refractivity contribution is 5.94. The summed E-state index contributed by atoms with van der Waals surface area (Å²) in [5.41, 5.74) is 6.75. The van der Waals surface area contributed by atoms with Gasteiger partial charge in [-0.2, -0.15) is 0 Å². The van der Waals surface area contributed by atoms with Crippen LogP contribution in [0.15, 0.2) is 73.2 Å². The average Bonchev–Trinajstić information content (AvgIpc) is 3.23. The number of para-hydroxylation sites is 1. The van der Waals surface area contributed by atoms with Gasteiger partial charge in [0.2, 0.25) is 5.92 Å². The maximum absolute atomic E-state index is 13.3. The third kappa shape index (κ3) is 3.29. The molecule has 2 fully saturated rings. The maximum Gasteiger partial charge on any atom is 0.249 e. The Morgan fingerprint density at radius 2 is 1.71 bits per heavy atom. The lowest BCUT2D eigenvalue weighted by atomic mass is 9.61. The molecule has 35 heavy (non-hydrogen) atoms. The van der Waals surface area contributed by atoms with Crippen molar-refractivity contribution in [2.75, 3.05) is 18.0 Å². The first-order valence-electron chi connectivity index (χ1n) is 11.8. The molecule has 4 aromatic heterocycles. The van der Waals surface area contributed by atoms with Crippen LogP contribution in [-0.2, 0) is 0 Å². The second-order valence-corrected chi connectivity index (χ2v) is 10.1. The van der Waals surface area contributed by atoms with E-state index in [1.54, 1.807) is 0 Å². The van der Waals surface area contributed by atoms with Gasteiger partial charge in [-0.1, -0.05) is 18.2 Å². The molecule has 5 nitrogen and oxygen atoms in total. The van der Waals surface area contributed by atoms with E-state index in [-0.39, 0.29) is 18.3 Å². The first-order chi connectivity index (χ1) is 16.9. The Bertz CT molecular complexity index is 1590. The van der Waals surface area contributed by atoms with E-state index in [9.17, 15) is 8.78 Å². The molecule has 5 heterocycles. The predicted octanol–water partition coefficient (Wildman–Crippen LogP) is 6.16. The summed E-state index contributed by atoms with van der Waals surface area (Å²) in [5, 5.41) is 1.10. The van der Waals surface area contributed by atoms with Crippen LogP contribution in [0.1, 0.15) is 18.5 Å². The number of anilines is 1. The van der Waals surface area contributed by atoms with E-state index in [2.05, 4.69) is 48.5 Å².